The zero-order valence-corrected chi connectivity index (χ0v) is 9.76. The van der Waals surface area contributed by atoms with E-state index in [9.17, 15) is 4.79 Å². The molecule has 2 heterocycles. The number of amides is 1. The number of rotatable bonds is 2. The average molecular weight is 222 g/mol. The summed E-state index contributed by atoms with van der Waals surface area (Å²) < 4.78 is 2.07. The van der Waals surface area contributed by atoms with Crippen LogP contribution in [0.25, 0.3) is 0 Å². The van der Waals surface area contributed by atoms with Gasteiger partial charge in [-0.3, -0.25) is 4.79 Å². The van der Waals surface area contributed by atoms with Crippen LogP contribution in [0, 0.1) is 5.92 Å². The molecule has 5 heteroatoms. The number of hydrogen-bond donors (Lipinski definition) is 1. The highest BCUT2D eigenvalue weighted by molar-refractivity contribution is 5.81. The molecule has 0 aromatic carbocycles. The Labute approximate surface area is 95.2 Å². The third kappa shape index (κ3) is 1.95. The molecule has 1 aliphatic heterocycles. The fourth-order valence-corrected chi connectivity index (χ4v) is 1.86. The van der Waals surface area contributed by atoms with Crippen LogP contribution in [0.3, 0.4) is 0 Å². The number of carbonyl (C=O) groups excluding carboxylic acids is 1. The van der Waals surface area contributed by atoms with Gasteiger partial charge in [0.1, 0.15) is 5.82 Å². The van der Waals surface area contributed by atoms with Crippen LogP contribution in [0.15, 0.2) is 12.4 Å². The Kier molecular flexibility index (Phi) is 2.96. The minimum Gasteiger partial charge on any atom is -0.332 e. The second-order valence-corrected chi connectivity index (χ2v) is 4.57. The summed E-state index contributed by atoms with van der Waals surface area (Å²) >= 11 is 0. The summed E-state index contributed by atoms with van der Waals surface area (Å²) in [6.45, 7) is 6.04. The van der Waals surface area contributed by atoms with E-state index in [-0.39, 0.29) is 11.8 Å². The highest BCUT2D eigenvalue weighted by Gasteiger charge is 2.26. The van der Waals surface area contributed by atoms with Gasteiger partial charge in [-0.1, -0.05) is 13.8 Å². The standard InChI is InChI=1S/C11H18N4O/c1-8(2)10(12)11(16)15-6-5-14-4-3-13-9(14)7-15/h3-4,8,10H,5-7,12H2,1-2H3/t10-/m0/s1. The third-order valence-corrected chi connectivity index (χ3v) is 3.06. The predicted molar refractivity (Wildman–Crippen MR) is 60.5 cm³/mol. The lowest BCUT2D eigenvalue weighted by Gasteiger charge is -2.30. The Morgan fingerprint density at radius 2 is 2.25 bits per heavy atom. The Morgan fingerprint density at radius 3 is 2.94 bits per heavy atom. The first-order valence-corrected chi connectivity index (χ1v) is 5.64. The summed E-state index contributed by atoms with van der Waals surface area (Å²) in [5, 5.41) is 0. The van der Waals surface area contributed by atoms with Crippen LogP contribution in [0.1, 0.15) is 19.7 Å². The van der Waals surface area contributed by atoms with Crippen LogP contribution in [0.5, 0.6) is 0 Å². The zero-order chi connectivity index (χ0) is 11.7. The van der Waals surface area contributed by atoms with Crippen molar-refractivity contribution in [3.8, 4) is 0 Å². The molecular formula is C11H18N4O. The molecule has 5 nitrogen and oxygen atoms in total. The monoisotopic (exact) mass is 222 g/mol. The summed E-state index contributed by atoms with van der Waals surface area (Å²) in [6, 6.07) is -0.401. The number of nitrogens with two attached hydrogens (primary N) is 1. The van der Waals surface area contributed by atoms with Crippen molar-refractivity contribution < 1.29 is 4.79 Å². The van der Waals surface area contributed by atoms with E-state index in [1.54, 1.807) is 11.1 Å². The number of carbonyl (C=O) groups is 1. The molecule has 1 atom stereocenters. The summed E-state index contributed by atoms with van der Waals surface area (Å²) in [4.78, 5) is 18.1. The molecule has 1 aromatic heterocycles. The normalized spacial score (nSPS) is 17.4. The van der Waals surface area contributed by atoms with E-state index >= 15 is 0 Å². The molecule has 88 valence electrons. The van der Waals surface area contributed by atoms with Gasteiger partial charge in [0, 0.05) is 25.5 Å². The van der Waals surface area contributed by atoms with E-state index in [1.807, 2.05) is 20.0 Å². The molecule has 0 unspecified atom stereocenters. The van der Waals surface area contributed by atoms with Gasteiger partial charge in [-0.25, -0.2) is 4.98 Å². The van der Waals surface area contributed by atoms with E-state index in [0.717, 1.165) is 18.9 Å². The third-order valence-electron chi connectivity index (χ3n) is 3.06. The van der Waals surface area contributed by atoms with Crippen molar-refractivity contribution in [2.24, 2.45) is 11.7 Å². The van der Waals surface area contributed by atoms with Gasteiger partial charge in [0.15, 0.2) is 0 Å². The summed E-state index contributed by atoms with van der Waals surface area (Å²) in [7, 11) is 0. The summed E-state index contributed by atoms with van der Waals surface area (Å²) in [5.41, 5.74) is 5.87. The second-order valence-electron chi connectivity index (χ2n) is 4.57. The minimum absolute atomic E-state index is 0.0317. The van der Waals surface area contributed by atoms with Gasteiger partial charge in [-0.15, -0.1) is 0 Å². The number of fused-ring (bicyclic) bond motifs is 1. The zero-order valence-electron chi connectivity index (χ0n) is 9.76. The molecule has 0 spiro atoms. The van der Waals surface area contributed by atoms with Crippen molar-refractivity contribution in [2.45, 2.75) is 33.0 Å². The number of nitrogens with zero attached hydrogens (tertiary/aromatic N) is 3. The molecule has 2 N–H and O–H groups in total. The first-order valence-electron chi connectivity index (χ1n) is 5.64. The van der Waals surface area contributed by atoms with Crippen molar-refractivity contribution in [3.63, 3.8) is 0 Å². The lowest BCUT2D eigenvalue weighted by atomic mass is 10.0. The average Bonchev–Trinajstić information content (AvgIpc) is 2.73. The molecule has 0 bridgehead atoms. The SMILES string of the molecule is CC(C)[C@H](N)C(=O)N1CCn2ccnc2C1. The van der Waals surface area contributed by atoms with E-state index in [1.165, 1.54) is 0 Å². The van der Waals surface area contributed by atoms with Crippen LogP contribution in [-0.2, 0) is 17.9 Å². The first kappa shape index (κ1) is 11.1. The van der Waals surface area contributed by atoms with Gasteiger partial charge in [-0.05, 0) is 5.92 Å². The van der Waals surface area contributed by atoms with E-state index in [2.05, 4.69) is 9.55 Å². The largest absolute Gasteiger partial charge is 0.332 e. The van der Waals surface area contributed by atoms with E-state index in [4.69, 9.17) is 5.73 Å². The Morgan fingerprint density at radius 1 is 1.50 bits per heavy atom. The van der Waals surface area contributed by atoms with Crippen molar-refractivity contribution in [1.82, 2.24) is 14.5 Å². The lowest BCUT2D eigenvalue weighted by molar-refractivity contribution is -0.135. The van der Waals surface area contributed by atoms with Gasteiger partial charge in [-0.2, -0.15) is 0 Å². The predicted octanol–water partition coefficient (Wildman–Crippen LogP) is 0.209. The molecular weight excluding hydrogens is 204 g/mol. The number of hydrogen-bond acceptors (Lipinski definition) is 3. The summed E-state index contributed by atoms with van der Waals surface area (Å²) in [6.07, 6.45) is 3.71. The molecule has 1 amide bonds. The topological polar surface area (TPSA) is 64.2 Å². The maximum atomic E-state index is 12.0. The van der Waals surface area contributed by atoms with Gasteiger partial charge >= 0.3 is 0 Å². The first-order chi connectivity index (χ1) is 7.59. The molecule has 16 heavy (non-hydrogen) atoms. The van der Waals surface area contributed by atoms with E-state index in [0.29, 0.717) is 6.54 Å². The lowest BCUT2D eigenvalue weighted by Crippen LogP contribution is -2.49. The highest BCUT2D eigenvalue weighted by Crippen LogP contribution is 2.12. The van der Waals surface area contributed by atoms with Crippen molar-refractivity contribution in [1.29, 1.82) is 0 Å². The molecule has 0 radical (unpaired) electrons. The molecule has 1 aliphatic rings. The van der Waals surface area contributed by atoms with Crippen molar-refractivity contribution in [2.75, 3.05) is 6.54 Å². The number of imidazole rings is 1. The van der Waals surface area contributed by atoms with Crippen LogP contribution < -0.4 is 5.73 Å². The Hall–Kier alpha value is -1.36. The van der Waals surface area contributed by atoms with Gasteiger partial charge in [0.2, 0.25) is 5.91 Å². The fourth-order valence-electron chi connectivity index (χ4n) is 1.86. The minimum atomic E-state index is -0.401. The molecule has 0 saturated heterocycles. The maximum Gasteiger partial charge on any atom is 0.240 e. The van der Waals surface area contributed by atoms with Gasteiger partial charge in [0.05, 0.1) is 12.6 Å². The maximum absolute atomic E-state index is 12.0. The Bertz CT molecular complexity index is 385. The van der Waals surface area contributed by atoms with Gasteiger partial charge < -0.3 is 15.2 Å². The smallest absolute Gasteiger partial charge is 0.240 e. The quantitative estimate of drug-likeness (QED) is 0.778. The van der Waals surface area contributed by atoms with Crippen LogP contribution in [0.2, 0.25) is 0 Å². The number of aromatic nitrogens is 2. The fraction of sp³-hybridized carbons (Fsp3) is 0.636. The molecule has 0 fully saturated rings. The van der Waals surface area contributed by atoms with Crippen LogP contribution in [-0.4, -0.2) is 32.9 Å². The highest BCUT2D eigenvalue weighted by atomic mass is 16.2. The second kappa shape index (κ2) is 4.25. The Balaban J connectivity index is 2.06. The molecule has 1 aromatic rings. The van der Waals surface area contributed by atoms with Crippen molar-refractivity contribution in [3.05, 3.63) is 18.2 Å². The molecule has 0 aliphatic carbocycles. The molecule has 2 rings (SSSR count). The summed E-state index contributed by atoms with van der Waals surface area (Å²) in [5.74, 6) is 1.15. The van der Waals surface area contributed by atoms with Crippen LogP contribution in [0.4, 0.5) is 0 Å². The van der Waals surface area contributed by atoms with Crippen molar-refractivity contribution >= 4 is 5.91 Å². The van der Waals surface area contributed by atoms with Gasteiger partial charge in [0.25, 0.3) is 0 Å². The molecule has 0 saturated carbocycles. The van der Waals surface area contributed by atoms with Crippen LogP contribution >= 0.6 is 0 Å². The van der Waals surface area contributed by atoms with E-state index < -0.39 is 6.04 Å².